The SMILES string of the molecule is Cc1nn(C)c(CC(CCl)c2ccc(F)cc2)c1Br. The van der Waals surface area contributed by atoms with Crippen molar-refractivity contribution in [1.29, 1.82) is 0 Å². The monoisotopic (exact) mass is 344 g/mol. The largest absolute Gasteiger partial charge is 0.271 e. The lowest BCUT2D eigenvalue weighted by Gasteiger charge is -2.15. The molecule has 0 aliphatic heterocycles. The van der Waals surface area contributed by atoms with Crippen LogP contribution in [0.25, 0.3) is 0 Å². The summed E-state index contributed by atoms with van der Waals surface area (Å²) in [6, 6.07) is 6.52. The molecule has 1 aromatic carbocycles. The van der Waals surface area contributed by atoms with E-state index in [9.17, 15) is 4.39 Å². The smallest absolute Gasteiger partial charge is 0.123 e. The Morgan fingerprint density at radius 1 is 1.37 bits per heavy atom. The highest BCUT2D eigenvalue weighted by molar-refractivity contribution is 9.10. The fourth-order valence-corrected chi connectivity index (χ4v) is 2.92. The van der Waals surface area contributed by atoms with E-state index in [-0.39, 0.29) is 11.7 Å². The molecule has 1 aromatic heterocycles. The molecule has 2 aromatic rings. The Balaban J connectivity index is 2.26. The third kappa shape index (κ3) is 3.18. The third-order valence-corrected chi connectivity index (χ3v) is 4.63. The van der Waals surface area contributed by atoms with E-state index in [2.05, 4.69) is 21.0 Å². The standard InChI is InChI=1S/C14H15BrClFN2/c1-9-14(15)13(19(2)18-9)7-11(8-16)10-3-5-12(17)6-4-10/h3-6,11H,7-8H2,1-2H3. The maximum Gasteiger partial charge on any atom is 0.123 e. The summed E-state index contributed by atoms with van der Waals surface area (Å²) in [6.07, 6.45) is 0.771. The van der Waals surface area contributed by atoms with Crippen molar-refractivity contribution in [2.24, 2.45) is 7.05 Å². The van der Waals surface area contributed by atoms with Crippen LogP contribution < -0.4 is 0 Å². The van der Waals surface area contributed by atoms with Crippen molar-refractivity contribution in [2.45, 2.75) is 19.3 Å². The maximum absolute atomic E-state index is 13.0. The molecular formula is C14H15BrClFN2. The molecule has 2 rings (SSSR count). The van der Waals surface area contributed by atoms with E-state index < -0.39 is 0 Å². The Morgan fingerprint density at radius 3 is 2.47 bits per heavy atom. The number of alkyl halides is 1. The summed E-state index contributed by atoms with van der Waals surface area (Å²) in [5, 5.41) is 4.37. The summed E-state index contributed by atoms with van der Waals surface area (Å²) in [6.45, 7) is 1.96. The van der Waals surface area contributed by atoms with E-state index in [1.165, 1.54) is 12.1 Å². The second kappa shape index (κ2) is 6.06. The van der Waals surface area contributed by atoms with E-state index in [1.54, 1.807) is 12.1 Å². The van der Waals surface area contributed by atoms with Gasteiger partial charge < -0.3 is 0 Å². The van der Waals surface area contributed by atoms with Crippen LogP contribution in [-0.4, -0.2) is 15.7 Å². The highest BCUT2D eigenvalue weighted by Gasteiger charge is 2.17. The van der Waals surface area contributed by atoms with Gasteiger partial charge in [0, 0.05) is 18.8 Å². The van der Waals surface area contributed by atoms with E-state index in [0.717, 1.165) is 27.8 Å². The minimum Gasteiger partial charge on any atom is -0.271 e. The minimum atomic E-state index is -0.227. The molecule has 0 spiro atoms. The van der Waals surface area contributed by atoms with Crippen molar-refractivity contribution in [2.75, 3.05) is 5.88 Å². The molecule has 0 saturated heterocycles. The van der Waals surface area contributed by atoms with Gasteiger partial charge in [-0.25, -0.2) is 4.39 Å². The number of nitrogens with zero attached hydrogens (tertiary/aromatic N) is 2. The van der Waals surface area contributed by atoms with Crippen LogP contribution in [0, 0.1) is 12.7 Å². The van der Waals surface area contributed by atoms with Crippen molar-refractivity contribution in [3.8, 4) is 0 Å². The van der Waals surface area contributed by atoms with E-state index in [1.807, 2.05) is 18.7 Å². The van der Waals surface area contributed by atoms with Gasteiger partial charge in [-0.15, -0.1) is 11.6 Å². The van der Waals surface area contributed by atoms with Gasteiger partial charge in [-0.05, 0) is 47.0 Å². The summed E-state index contributed by atoms with van der Waals surface area (Å²) < 4.78 is 15.8. The summed E-state index contributed by atoms with van der Waals surface area (Å²) in [4.78, 5) is 0. The molecule has 0 bridgehead atoms. The van der Waals surface area contributed by atoms with Crippen LogP contribution in [0.4, 0.5) is 4.39 Å². The van der Waals surface area contributed by atoms with Crippen LogP contribution in [-0.2, 0) is 13.5 Å². The number of aryl methyl sites for hydroxylation is 2. The molecule has 0 radical (unpaired) electrons. The Hall–Kier alpha value is -0.870. The number of benzene rings is 1. The van der Waals surface area contributed by atoms with Crippen LogP contribution >= 0.6 is 27.5 Å². The first-order chi connectivity index (χ1) is 9.02. The van der Waals surface area contributed by atoms with Crippen LogP contribution in [0.5, 0.6) is 0 Å². The van der Waals surface area contributed by atoms with Gasteiger partial charge in [-0.2, -0.15) is 5.10 Å². The topological polar surface area (TPSA) is 17.8 Å². The van der Waals surface area contributed by atoms with Crippen LogP contribution in [0.1, 0.15) is 22.9 Å². The van der Waals surface area contributed by atoms with Gasteiger partial charge in [-0.1, -0.05) is 12.1 Å². The van der Waals surface area contributed by atoms with Gasteiger partial charge in [0.1, 0.15) is 5.82 Å². The maximum atomic E-state index is 13.0. The highest BCUT2D eigenvalue weighted by Crippen LogP contribution is 2.28. The first-order valence-electron chi connectivity index (χ1n) is 6.02. The lowest BCUT2D eigenvalue weighted by Crippen LogP contribution is -2.09. The van der Waals surface area contributed by atoms with Gasteiger partial charge in [0.15, 0.2) is 0 Å². The van der Waals surface area contributed by atoms with Gasteiger partial charge in [0.2, 0.25) is 0 Å². The molecule has 0 fully saturated rings. The zero-order valence-electron chi connectivity index (χ0n) is 10.8. The Labute approximate surface area is 125 Å². The van der Waals surface area contributed by atoms with Crippen molar-refractivity contribution in [1.82, 2.24) is 9.78 Å². The molecule has 5 heteroatoms. The average molecular weight is 346 g/mol. The molecule has 0 N–H and O–H groups in total. The summed E-state index contributed by atoms with van der Waals surface area (Å²) in [7, 11) is 1.92. The predicted octanol–water partition coefficient (Wildman–Crippen LogP) is 4.20. The molecule has 0 aliphatic carbocycles. The molecule has 1 atom stereocenters. The zero-order valence-corrected chi connectivity index (χ0v) is 13.2. The second-order valence-electron chi connectivity index (χ2n) is 4.58. The average Bonchev–Trinajstić information content (AvgIpc) is 2.63. The number of rotatable bonds is 4. The fourth-order valence-electron chi connectivity index (χ4n) is 2.13. The molecule has 0 saturated carbocycles. The minimum absolute atomic E-state index is 0.147. The fraction of sp³-hybridized carbons (Fsp3) is 0.357. The van der Waals surface area contributed by atoms with Gasteiger partial charge >= 0.3 is 0 Å². The highest BCUT2D eigenvalue weighted by atomic mass is 79.9. The van der Waals surface area contributed by atoms with Crippen LogP contribution in [0.2, 0.25) is 0 Å². The van der Waals surface area contributed by atoms with Crippen molar-refractivity contribution in [3.05, 3.63) is 51.5 Å². The lowest BCUT2D eigenvalue weighted by molar-refractivity contribution is 0.623. The molecule has 19 heavy (non-hydrogen) atoms. The molecule has 0 amide bonds. The van der Waals surface area contributed by atoms with Crippen LogP contribution in [0.3, 0.4) is 0 Å². The van der Waals surface area contributed by atoms with E-state index in [4.69, 9.17) is 11.6 Å². The molecule has 2 nitrogen and oxygen atoms in total. The van der Waals surface area contributed by atoms with Gasteiger partial charge in [-0.3, -0.25) is 4.68 Å². The van der Waals surface area contributed by atoms with E-state index in [0.29, 0.717) is 5.88 Å². The van der Waals surface area contributed by atoms with E-state index >= 15 is 0 Å². The molecule has 0 aliphatic rings. The molecule has 102 valence electrons. The van der Waals surface area contributed by atoms with Crippen molar-refractivity contribution in [3.63, 3.8) is 0 Å². The normalized spacial score (nSPS) is 12.7. The Kier molecular flexibility index (Phi) is 4.63. The van der Waals surface area contributed by atoms with Gasteiger partial charge in [0.05, 0.1) is 15.9 Å². The van der Waals surface area contributed by atoms with Crippen molar-refractivity contribution < 1.29 is 4.39 Å². The number of halogens is 3. The third-order valence-electron chi connectivity index (χ3n) is 3.23. The number of hydrogen-bond donors (Lipinski definition) is 0. The van der Waals surface area contributed by atoms with Gasteiger partial charge in [0.25, 0.3) is 0 Å². The van der Waals surface area contributed by atoms with Crippen LogP contribution in [0.15, 0.2) is 28.7 Å². The summed E-state index contributed by atoms with van der Waals surface area (Å²) in [5.41, 5.74) is 3.11. The zero-order chi connectivity index (χ0) is 14.0. The second-order valence-corrected chi connectivity index (χ2v) is 5.68. The summed E-state index contributed by atoms with van der Waals surface area (Å²) in [5.74, 6) is 0.408. The quantitative estimate of drug-likeness (QED) is 0.760. The van der Waals surface area contributed by atoms with Crippen molar-refractivity contribution >= 4 is 27.5 Å². The molecule has 1 heterocycles. The predicted molar refractivity (Wildman–Crippen MR) is 79.2 cm³/mol. The Morgan fingerprint density at radius 2 is 2.00 bits per heavy atom. The molecular weight excluding hydrogens is 331 g/mol. The summed E-state index contributed by atoms with van der Waals surface area (Å²) >= 11 is 9.62. The lowest BCUT2D eigenvalue weighted by atomic mass is 9.96. The number of aromatic nitrogens is 2. The number of hydrogen-bond acceptors (Lipinski definition) is 1. The first-order valence-corrected chi connectivity index (χ1v) is 7.35. The molecule has 1 unspecified atom stereocenters. The Bertz CT molecular complexity index is 566. The first kappa shape index (κ1) is 14.5.